The summed E-state index contributed by atoms with van der Waals surface area (Å²) in [5.41, 5.74) is 1.69. The number of nitrogens with one attached hydrogen (secondary N) is 1. The topological polar surface area (TPSA) is 49.4 Å². The summed E-state index contributed by atoms with van der Waals surface area (Å²) in [7, 11) is 0. The molecule has 1 aliphatic heterocycles. The van der Waals surface area contributed by atoms with E-state index in [2.05, 4.69) is 5.32 Å². The highest BCUT2D eigenvalue weighted by atomic mass is 35.5. The molecule has 31 heavy (non-hydrogen) atoms. The van der Waals surface area contributed by atoms with Crippen molar-refractivity contribution >= 4 is 41.3 Å². The zero-order chi connectivity index (χ0) is 21.8. The van der Waals surface area contributed by atoms with Crippen molar-refractivity contribution in [1.29, 1.82) is 0 Å². The Balaban J connectivity index is 1.48. The van der Waals surface area contributed by atoms with Crippen LogP contribution >= 0.6 is 23.4 Å². The van der Waals surface area contributed by atoms with Crippen LogP contribution in [0.15, 0.2) is 53.4 Å². The Morgan fingerprint density at radius 3 is 2.74 bits per heavy atom. The molecule has 0 bridgehead atoms. The summed E-state index contributed by atoms with van der Waals surface area (Å²) in [4.78, 5) is 28.3. The predicted molar refractivity (Wildman–Crippen MR) is 123 cm³/mol. The Morgan fingerprint density at radius 1 is 1.19 bits per heavy atom. The molecule has 2 aliphatic rings. The summed E-state index contributed by atoms with van der Waals surface area (Å²) in [5.74, 6) is -0.630. The lowest BCUT2D eigenvalue weighted by Crippen LogP contribution is -2.54. The Bertz CT molecular complexity index is 995. The minimum absolute atomic E-state index is 0.0225. The van der Waals surface area contributed by atoms with Gasteiger partial charge in [0, 0.05) is 22.9 Å². The zero-order valence-electron chi connectivity index (χ0n) is 17.0. The van der Waals surface area contributed by atoms with Gasteiger partial charge in [-0.1, -0.05) is 48.7 Å². The number of rotatable bonds is 5. The lowest BCUT2D eigenvalue weighted by molar-refractivity contribution is -0.135. The van der Waals surface area contributed by atoms with Crippen molar-refractivity contribution < 1.29 is 14.0 Å². The molecule has 1 heterocycles. The van der Waals surface area contributed by atoms with Crippen molar-refractivity contribution in [1.82, 2.24) is 10.2 Å². The van der Waals surface area contributed by atoms with E-state index in [1.807, 2.05) is 24.3 Å². The lowest BCUT2D eigenvalue weighted by atomic mass is 9.93. The number of thioether (sulfide) groups is 1. The third-order valence-electron chi connectivity index (χ3n) is 5.68. The van der Waals surface area contributed by atoms with Gasteiger partial charge in [0.25, 0.3) is 5.91 Å². The second kappa shape index (κ2) is 9.88. The predicted octanol–water partition coefficient (Wildman–Crippen LogP) is 5.02. The average Bonchev–Trinajstić information content (AvgIpc) is 2.76. The monoisotopic (exact) mass is 458 g/mol. The zero-order valence-corrected chi connectivity index (χ0v) is 18.6. The van der Waals surface area contributed by atoms with Gasteiger partial charge in [0.1, 0.15) is 12.4 Å². The second-order valence-corrected chi connectivity index (χ2v) is 9.63. The number of carbonyl (C=O) groups is 2. The van der Waals surface area contributed by atoms with Crippen LogP contribution in [-0.2, 0) is 16.1 Å². The van der Waals surface area contributed by atoms with E-state index in [1.54, 1.807) is 34.9 Å². The maximum atomic E-state index is 13.3. The molecular formula is C24H24ClFN2O2S. The third-order valence-corrected chi connectivity index (χ3v) is 7.32. The summed E-state index contributed by atoms with van der Waals surface area (Å²) in [6, 6.07) is 13.5. The molecule has 1 N–H and O–H groups in total. The molecule has 0 spiro atoms. The first kappa shape index (κ1) is 21.9. The minimum Gasteiger partial charge on any atom is -0.350 e. The number of fused-ring (bicyclic) bond motifs is 1. The van der Waals surface area contributed by atoms with Gasteiger partial charge in [-0.3, -0.25) is 9.59 Å². The van der Waals surface area contributed by atoms with E-state index in [9.17, 15) is 14.0 Å². The van der Waals surface area contributed by atoms with Gasteiger partial charge in [-0.25, -0.2) is 4.39 Å². The van der Waals surface area contributed by atoms with E-state index < -0.39 is 0 Å². The molecule has 7 heteroatoms. The molecule has 4 nitrogen and oxygen atoms in total. The van der Waals surface area contributed by atoms with Crippen LogP contribution in [-0.4, -0.2) is 34.6 Å². The maximum Gasteiger partial charge on any atom is 0.261 e. The molecule has 0 aromatic heterocycles. The first-order chi connectivity index (χ1) is 15.0. The van der Waals surface area contributed by atoms with Gasteiger partial charge in [0.05, 0.1) is 4.91 Å². The Hall–Kier alpha value is -2.31. The van der Waals surface area contributed by atoms with Crippen molar-refractivity contribution in [2.45, 2.75) is 43.5 Å². The molecular weight excluding hydrogens is 435 g/mol. The van der Waals surface area contributed by atoms with Crippen LogP contribution in [0, 0.1) is 5.82 Å². The quantitative estimate of drug-likeness (QED) is 0.640. The number of hydrogen-bond donors (Lipinski definition) is 1. The molecule has 2 amide bonds. The largest absolute Gasteiger partial charge is 0.350 e. The normalized spacial score (nSPS) is 22.3. The fourth-order valence-electron chi connectivity index (χ4n) is 4.12. The van der Waals surface area contributed by atoms with Gasteiger partial charge in [0.2, 0.25) is 5.91 Å². The maximum absolute atomic E-state index is 13.3. The van der Waals surface area contributed by atoms with Crippen molar-refractivity contribution in [2.75, 3.05) is 6.54 Å². The van der Waals surface area contributed by atoms with E-state index in [-0.39, 0.29) is 30.2 Å². The highest BCUT2D eigenvalue weighted by Gasteiger charge is 2.41. The molecule has 2 aromatic rings. The number of benzene rings is 2. The minimum atomic E-state index is -0.311. The van der Waals surface area contributed by atoms with Gasteiger partial charge < -0.3 is 10.2 Å². The van der Waals surface area contributed by atoms with Crippen LogP contribution < -0.4 is 5.32 Å². The fraction of sp³-hybridized carbons (Fsp3) is 0.333. The van der Waals surface area contributed by atoms with Crippen LogP contribution in [0.3, 0.4) is 0 Å². The Labute approximate surface area is 190 Å². The smallest absolute Gasteiger partial charge is 0.261 e. The van der Waals surface area contributed by atoms with Gasteiger partial charge >= 0.3 is 0 Å². The highest BCUT2D eigenvalue weighted by Crippen LogP contribution is 2.42. The van der Waals surface area contributed by atoms with Gasteiger partial charge in [-0.15, -0.1) is 11.8 Å². The second-order valence-electron chi connectivity index (χ2n) is 7.91. The summed E-state index contributed by atoms with van der Waals surface area (Å²) < 4.78 is 13.1. The molecule has 1 saturated carbocycles. The highest BCUT2D eigenvalue weighted by molar-refractivity contribution is 8.04. The average molecular weight is 459 g/mol. The molecule has 0 radical (unpaired) electrons. The Kier molecular flexibility index (Phi) is 6.98. The number of amides is 2. The molecule has 1 aliphatic carbocycles. The van der Waals surface area contributed by atoms with Gasteiger partial charge in [-0.2, -0.15) is 0 Å². The lowest BCUT2D eigenvalue weighted by Gasteiger charge is -2.43. The van der Waals surface area contributed by atoms with Gasteiger partial charge in [-0.05, 0) is 54.3 Å². The molecule has 162 valence electrons. The third kappa shape index (κ3) is 5.49. The Morgan fingerprint density at radius 2 is 1.97 bits per heavy atom. The molecule has 4 rings (SSSR count). The number of hydrogen-bond acceptors (Lipinski definition) is 3. The van der Waals surface area contributed by atoms with Crippen molar-refractivity contribution in [2.24, 2.45) is 0 Å². The SMILES string of the molecule is O=C(CN1C(=O)/C(=C/c2cccc(Cl)c2)SC2CCCCC21)NCc1ccc(F)cc1. The molecule has 2 fully saturated rings. The van der Waals surface area contributed by atoms with Crippen LogP contribution in [0.5, 0.6) is 0 Å². The first-order valence-electron chi connectivity index (χ1n) is 10.5. The standard InChI is InChI=1S/C24H24ClFN2O2S/c25-18-5-3-4-17(12-18)13-22-24(30)28(20-6-1-2-7-21(20)31-22)15-23(29)27-14-16-8-10-19(26)11-9-16/h3-5,8-13,20-21H,1-2,6-7,14-15H2,(H,27,29)/b22-13-. The summed E-state index contributed by atoms with van der Waals surface area (Å²) >= 11 is 7.72. The molecule has 2 atom stereocenters. The summed E-state index contributed by atoms with van der Waals surface area (Å²) in [6.45, 7) is 0.323. The van der Waals surface area contributed by atoms with Gasteiger partial charge in [0.15, 0.2) is 0 Å². The molecule has 1 saturated heterocycles. The van der Waals surface area contributed by atoms with Crippen molar-refractivity contribution in [3.63, 3.8) is 0 Å². The van der Waals surface area contributed by atoms with Crippen LogP contribution in [0.25, 0.3) is 6.08 Å². The van der Waals surface area contributed by atoms with Crippen LogP contribution in [0.2, 0.25) is 5.02 Å². The van der Waals surface area contributed by atoms with Crippen LogP contribution in [0.1, 0.15) is 36.8 Å². The van der Waals surface area contributed by atoms with E-state index >= 15 is 0 Å². The van der Waals surface area contributed by atoms with E-state index in [0.29, 0.717) is 21.7 Å². The first-order valence-corrected chi connectivity index (χ1v) is 11.7. The van der Waals surface area contributed by atoms with E-state index in [1.165, 1.54) is 12.1 Å². The van der Waals surface area contributed by atoms with Crippen molar-refractivity contribution in [3.05, 3.63) is 75.4 Å². The molecule has 2 aromatic carbocycles. The van der Waals surface area contributed by atoms with E-state index in [4.69, 9.17) is 11.6 Å². The molecule has 2 unspecified atom stereocenters. The summed E-state index contributed by atoms with van der Waals surface area (Å²) in [6.07, 6.45) is 6.02. The van der Waals surface area contributed by atoms with Crippen LogP contribution in [0.4, 0.5) is 4.39 Å². The van der Waals surface area contributed by atoms with E-state index in [0.717, 1.165) is 36.8 Å². The number of carbonyl (C=O) groups excluding carboxylic acids is 2. The fourth-order valence-corrected chi connectivity index (χ4v) is 5.79. The van der Waals surface area contributed by atoms with Crippen molar-refractivity contribution in [3.8, 4) is 0 Å². The summed E-state index contributed by atoms with van der Waals surface area (Å²) in [5, 5.41) is 3.77. The number of halogens is 2. The number of nitrogens with zero attached hydrogens (tertiary/aromatic N) is 1.